The van der Waals surface area contributed by atoms with Crippen LogP contribution in [0.25, 0.3) is 5.69 Å². The number of benzene rings is 1. The molecule has 1 N–H and O–H groups in total. The number of aromatic nitrogens is 2. The minimum Gasteiger partial charge on any atom is -0.370 e. The Morgan fingerprint density at radius 1 is 1.46 bits per heavy atom. The zero-order valence-electron chi connectivity index (χ0n) is 13.9. The molecule has 1 aromatic carbocycles. The Hall–Kier alpha value is -2.21. The molecule has 0 radical (unpaired) electrons. The van der Waals surface area contributed by atoms with Crippen LogP contribution in [0.15, 0.2) is 36.7 Å². The largest absolute Gasteiger partial charge is 0.370 e. The van der Waals surface area contributed by atoms with Crippen LogP contribution in [-0.4, -0.2) is 27.8 Å². The fourth-order valence-corrected chi connectivity index (χ4v) is 3.29. The molecule has 2 aromatic rings. The zero-order chi connectivity index (χ0) is 17.1. The van der Waals surface area contributed by atoms with Gasteiger partial charge in [-0.25, -0.2) is 9.07 Å². The highest BCUT2D eigenvalue weighted by atomic mass is 19.1. The number of halogens is 1. The highest BCUT2D eigenvalue weighted by molar-refractivity contribution is 5.73. The van der Waals surface area contributed by atoms with Gasteiger partial charge in [0.1, 0.15) is 5.82 Å². The van der Waals surface area contributed by atoms with E-state index in [1.54, 1.807) is 16.9 Å². The fraction of sp³-hybridized carbons (Fsp3) is 0.444. The Bertz CT molecular complexity index is 702. The van der Waals surface area contributed by atoms with Gasteiger partial charge in [0.05, 0.1) is 17.9 Å². The number of hydrogen-bond acceptors (Lipinski definition) is 3. The minimum absolute atomic E-state index is 0.0277. The predicted octanol–water partition coefficient (Wildman–Crippen LogP) is 3.15. The third-order valence-electron chi connectivity index (χ3n) is 4.35. The van der Waals surface area contributed by atoms with Crippen molar-refractivity contribution >= 4 is 5.91 Å². The molecule has 24 heavy (non-hydrogen) atoms. The zero-order valence-corrected chi connectivity index (χ0v) is 13.9. The standard InChI is InChI=1S/C18H22FN3O2/c1-3-15-10-14(21-12(2)23)11-18(24-15)16-9-13(19)5-6-17(16)22-8-4-7-20-22/h4-9,14-15,18H,3,10-11H2,1-2H3,(H,21,23)/t14-,15+,18+/m1/s1. The van der Waals surface area contributed by atoms with Gasteiger partial charge in [0.2, 0.25) is 5.91 Å². The monoisotopic (exact) mass is 331 g/mol. The lowest BCUT2D eigenvalue weighted by Crippen LogP contribution is -2.42. The van der Waals surface area contributed by atoms with Crippen LogP contribution in [0.5, 0.6) is 0 Å². The Morgan fingerprint density at radius 3 is 2.96 bits per heavy atom. The van der Waals surface area contributed by atoms with Gasteiger partial charge < -0.3 is 10.1 Å². The molecule has 0 bridgehead atoms. The van der Waals surface area contributed by atoms with Gasteiger partial charge in [-0.3, -0.25) is 4.79 Å². The van der Waals surface area contributed by atoms with Crippen LogP contribution in [0.4, 0.5) is 4.39 Å². The highest BCUT2D eigenvalue weighted by Gasteiger charge is 2.31. The normalized spacial score (nSPS) is 23.9. The van der Waals surface area contributed by atoms with Crippen LogP contribution in [0.3, 0.4) is 0 Å². The molecule has 1 amide bonds. The Balaban J connectivity index is 1.94. The van der Waals surface area contributed by atoms with E-state index in [2.05, 4.69) is 17.3 Å². The van der Waals surface area contributed by atoms with Crippen LogP contribution in [0.2, 0.25) is 0 Å². The van der Waals surface area contributed by atoms with Gasteiger partial charge in [-0.1, -0.05) is 6.92 Å². The minimum atomic E-state index is -0.306. The first kappa shape index (κ1) is 16.6. The van der Waals surface area contributed by atoms with Crippen molar-refractivity contribution in [1.82, 2.24) is 15.1 Å². The molecule has 1 aromatic heterocycles. The number of hydrogen-bond donors (Lipinski definition) is 1. The third-order valence-corrected chi connectivity index (χ3v) is 4.35. The second-order valence-electron chi connectivity index (χ2n) is 6.18. The van der Waals surface area contributed by atoms with Crippen LogP contribution in [-0.2, 0) is 9.53 Å². The van der Waals surface area contributed by atoms with Gasteiger partial charge >= 0.3 is 0 Å². The molecule has 128 valence electrons. The Morgan fingerprint density at radius 2 is 2.29 bits per heavy atom. The number of ether oxygens (including phenoxy) is 1. The number of nitrogens with one attached hydrogen (secondary N) is 1. The molecular formula is C18H22FN3O2. The molecule has 1 aliphatic rings. The first-order valence-electron chi connectivity index (χ1n) is 8.28. The average molecular weight is 331 g/mol. The molecule has 1 aliphatic heterocycles. The summed E-state index contributed by atoms with van der Waals surface area (Å²) in [5.41, 5.74) is 1.55. The van der Waals surface area contributed by atoms with Crippen molar-refractivity contribution in [2.24, 2.45) is 0 Å². The summed E-state index contributed by atoms with van der Waals surface area (Å²) in [5, 5.41) is 7.23. The lowest BCUT2D eigenvalue weighted by Gasteiger charge is -2.36. The molecule has 5 nitrogen and oxygen atoms in total. The molecule has 3 atom stereocenters. The van der Waals surface area contributed by atoms with E-state index in [1.807, 2.05) is 12.3 Å². The molecule has 0 aliphatic carbocycles. The lowest BCUT2D eigenvalue weighted by molar-refractivity contribution is -0.122. The van der Waals surface area contributed by atoms with E-state index in [1.165, 1.54) is 19.1 Å². The van der Waals surface area contributed by atoms with Gasteiger partial charge in [-0.2, -0.15) is 5.10 Å². The van der Waals surface area contributed by atoms with E-state index < -0.39 is 0 Å². The lowest BCUT2D eigenvalue weighted by atomic mass is 9.92. The maximum atomic E-state index is 13.9. The van der Waals surface area contributed by atoms with E-state index in [9.17, 15) is 9.18 Å². The second-order valence-corrected chi connectivity index (χ2v) is 6.18. The molecule has 1 fully saturated rings. The van der Waals surface area contributed by atoms with Crippen LogP contribution in [0.1, 0.15) is 44.8 Å². The van der Waals surface area contributed by atoms with Crippen molar-refractivity contribution in [3.05, 3.63) is 48.0 Å². The number of carbonyl (C=O) groups is 1. The fourth-order valence-electron chi connectivity index (χ4n) is 3.29. The molecule has 1 saturated heterocycles. The SMILES string of the molecule is CC[C@H]1C[C@@H](NC(C)=O)C[C@@H](c2cc(F)ccc2-n2cccn2)O1. The second kappa shape index (κ2) is 7.13. The summed E-state index contributed by atoms with van der Waals surface area (Å²) in [5.74, 6) is -0.360. The van der Waals surface area contributed by atoms with Crippen LogP contribution < -0.4 is 5.32 Å². The molecule has 0 spiro atoms. The third kappa shape index (κ3) is 3.64. The van der Waals surface area contributed by atoms with Gasteiger partial charge in [0.15, 0.2) is 0 Å². The summed E-state index contributed by atoms with van der Waals surface area (Å²) in [4.78, 5) is 11.4. The van der Waals surface area contributed by atoms with Gasteiger partial charge in [-0.05, 0) is 43.5 Å². The summed E-state index contributed by atoms with van der Waals surface area (Å²) in [6.45, 7) is 3.57. The average Bonchev–Trinajstić information content (AvgIpc) is 3.08. The van der Waals surface area contributed by atoms with Crippen molar-refractivity contribution in [2.45, 2.75) is 51.4 Å². The summed E-state index contributed by atoms with van der Waals surface area (Å²) in [7, 11) is 0. The van der Waals surface area contributed by atoms with E-state index >= 15 is 0 Å². The topological polar surface area (TPSA) is 56.2 Å². The van der Waals surface area contributed by atoms with E-state index in [0.29, 0.717) is 6.42 Å². The maximum Gasteiger partial charge on any atom is 0.217 e. The summed E-state index contributed by atoms with van der Waals surface area (Å²) in [6.07, 6.45) is 5.50. The van der Waals surface area contributed by atoms with Crippen molar-refractivity contribution in [3.8, 4) is 5.69 Å². The Labute approximate surface area is 140 Å². The van der Waals surface area contributed by atoms with Crippen molar-refractivity contribution < 1.29 is 13.9 Å². The number of nitrogens with zero attached hydrogens (tertiary/aromatic N) is 2. The predicted molar refractivity (Wildman–Crippen MR) is 88.3 cm³/mol. The first-order valence-corrected chi connectivity index (χ1v) is 8.28. The highest BCUT2D eigenvalue weighted by Crippen LogP contribution is 2.35. The van der Waals surface area contributed by atoms with Crippen molar-refractivity contribution in [3.63, 3.8) is 0 Å². The summed E-state index contributed by atoms with van der Waals surface area (Å²) < 4.78 is 21.8. The summed E-state index contributed by atoms with van der Waals surface area (Å²) in [6, 6.07) is 6.49. The summed E-state index contributed by atoms with van der Waals surface area (Å²) >= 11 is 0. The molecular weight excluding hydrogens is 309 g/mol. The van der Waals surface area contributed by atoms with Gasteiger partial charge in [0.25, 0.3) is 0 Å². The van der Waals surface area contributed by atoms with Crippen molar-refractivity contribution in [1.29, 1.82) is 0 Å². The van der Waals surface area contributed by atoms with Gasteiger partial charge in [0, 0.05) is 30.9 Å². The molecule has 0 unspecified atom stereocenters. The molecule has 2 heterocycles. The van der Waals surface area contributed by atoms with E-state index in [-0.39, 0.29) is 30.0 Å². The number of carbonyl (C=O) groups excluding carboxylic acids is 1. The molecule has 6 heteroatoms. The first-order chi connectivity index (χ1) is 11.6. The molecule has 0 saturated carbocycles. The maximum absolute atomic E-state index is 13.9. The van der Waals surface area contributed by atoms with Crippen LogP contribution >= 0.6 is 0 Å². The smallest absolute Gasteiger partial charge is 0.217 e. The van der Waals surface area contributed by atoms with Crippen molar-refractivity contribution in [2.75, 3.05) is 0 Å². The van der Waals surface area contributed by atoms with Crippen LogP contribution in [0, 0.1) is 5.82 Å². The quantitative estimate of drug-likeness (QED) is 0.936. The molecule has 3 rings (SSSR count). The van der Waals surface area contributed by atoms with E-state index in [0.717, 1.165) is 24.1 Å². The Kier molecular flexibility index (Phi) is 4.94. The number of rotatable bonds is 4. The number of amides is 1. The van der Waals surface area contributed by atoms with Gasteiger partial charge in [-0.15, -0.1) is 0 Å². The van der Waals surface area contributed by atoms with E-state index in [4.69, 9.17) is 4.74 Å².